The van der Waals surface area contributed by atoms with Crippen molar-refractivity contribution >= 4 is 44.2 Å². The van der Waals surface area contributed by atoms with E-state index in [1.54, 1.807) is 36.0 Å². The number of carbonyl (C=O) groups excluding carboxylic acids is 1. The van der Waals surface area contributed by atoms with Crippen molar-refractivity contribution in [3.63, 3.8) is 0 Å². The Balaban J connectivity index is 1.61. The third kappa shape index (κ3) is 5.48. The van der Waals surface area contributed by atoms with Gasteiger partial charge in [-0.15, -0.1) is 10.2 Å². The van der Waals surface area contributed by atoms with Crippen LogP contribution < -0.4 is 5.32 Å². The number of nitrogens with zero attached hydrogens (tertiary/aromatic N) is 3. The molecule has 8 nitrogen and oxygen atoms in total. The van der Waals surface area contributed by atoms with Crippen molar-refractivity contribution < 1.29 is 17.9 Å². The molecule has 0 saturated carbocycles. The van der Waals surface area contributed by atoms with Gasteiger partial charge in [0.15, 0.2) is 4.34 Å². The highest BCUT2D eigenvalue weighted by atomic mass is 32.2. The molecule has 1 aliphatic heterocycles. The van der Waals surface area contributed by atoms with Gasteiger partial charge in [0.25, 0.3) is 5.91 Å². The zero-order chi connectivity index (χ0) is 19.3. The summed E-state index contributed by atoms with van der Waals surface area (Å²) < 4.78 is 32.3. The lowest BCUT2D eigenvalue weighted by atomic mass is 10.1. The molecular weight excluding hydrogens is 408 g/mol. The van der Waals surface area contributed by atoms with Gasteiger partial charge in [-0.25, -0.2) is 8.42 Å². The van der Waals surface area contributed by atoms with E-state index in [1.807, 2.05) is 6.92 Å². The predicted molar refractivity (Wildman–Crippen MR) is 106 cm³/mol. The van der Waals surface area contributed by atoms with Crippen molar-refractivity contribution in [1.82, 2.24) is 14.5 Å². The van der Waals surface area contributed by atoms with E-state index >= 15 is 0 Å². The SMILES string of the molecule is CCSc1nnc(NC(=O)c2ccc(CS(=O)(=O)N3CCOCC3)cc2)s1. The normalized spacial score (nSPS) is 15.6. The number of aromatic nitrogens is 2. The highest BCUT2D eigenvalue weighted by molar-refractivity contribution is 8.01. The summed E-state index contributed by atoms with van der Waals surface area (Å²) in [5.74, 6) is 0.488. The summed E-state index contributed by atoms with van der Waals surface area (Å²) in [4.78, 5) is 12.3. The van der Waals surface area contributed by atoms with Crippen LogP contribution in [0.25, 0.3) is 0 Å². The molecule has 2 aromatic rings. The Bertz CT molecular complexity index is 877. The number of ether oxygens (including phenoxy) is 1. The molecule has 27 heavy (non-hydrogen) atoms. The first-order chi connectivity index (χ1) is 13.0. The average Bonchev–Trinajstić information content (AvgIpc) is 3.10. The van der Waals surface area contributed by atoms with Gasteiger partial charge >= 0.3 is 0 Å². The zero-order valence-electron chi connectivity index (χ0n) is 14.8. The maximum atomic E-state index is 12.4. The molecular formula is C16H20N4O4S3. The van der Waals surface area contributed by atoms with Gasteiger partial charge in [-0.2, -0.15) is 4.31 Å². The quantitative estimate of drug-likeness (QED) is 0.532. The predicted octanol–water partition coefficient (Wildman–Crippen LogP) is 2.06. The van der Waals surface area contributed by atoms with E-state index in [-0.39, 0.29) is 11.7 Å². The summed E-state index contributed by atoms with van der Waals surface area (Å²) in [6.45, 7) is 3.61. The largest absolute Gasteiger partial charge is 0.379 e. The Morgan fingerprint density at radius 3 is 2.63 bits per heavy atom. The Hall–Kier alpha value is -1.53. The number of morpholine rings is 1. The molecule has 2 heterocycles. The van der Waals surface area contributed by atoms with Crippen molar-refractivity contribution in [2.45, 2.75) is 17.0 Å². The molecule has 1 aromatic heterocycles. The molecule has 1 N–H and O–H groups in total. The van der Waals surface area contributed by atoms with Crippen LogP contribution in [-0.2, 0) is 20.5 Å². The minimum atomic E-state index is -3.39. The molecule has 1 amide bonds. The number of anilines is 1. The summed E-state index contributed by atoms with van der Waals surface area (Å²) >= 11 is 2.88. The van der Waals surface area contributed by atoms with Crippen molar-refractivity contribution in [3.8, 4) is 0 Å². The van der Waals surface area contributed by atoms with Crippen LogP contribution in [0.1, 0.15) is 22.8 Å². The van der Waals surface area contributed by atoms with E-state index in [0.29, 0.717) is 42.6 Å². The highest BCUT2D eigenvalue weighted by Crippen LogP contribution is 2.25. The third-order valence-electron chi connectivity index (χ3n) is 3.82. The van der Waals surface area contributed by atoms with Crippen LogP contribution in [0, 0.1) is 0 Å². The van der Waals surface area contributed by atoms with Crippen LogP contribution in [0.5, 0.6) is 0 Å². The minimum absolute atomic E-state index is 0.0943. The maximum Gasteiger partial charge on any atom is 0.257 e. The summed E-state index contributed by atoms with van der Waals surface area (Å²) in [6, 6.07) is 6.54. The summed E-state index contributed by atoms with van der Waals surface area (Å²) in [5.41, 5.74) is 1.07. The first-order valence-corrected chi connectivity index (χ1v) is 11.8. The van der Waals surface area contributed by atoms with Crippen LogP contribution in [-0.4, -0.2) is 60.9 Å². The van der Waals surface area contributed by atoms with Gasteiger partial charge in [-0.3, -0.25) is 10.1 Å². The third-order valence-corrected chi connectivity index (χ3v) is 7.53. The van der Waals surface area contributed by atoms with Crippen molar-refractivity contribution in [2.24, 2.45) is 0 Å². The first kappa shape index (κ1) is 20.2. The molecule has 0 radical (unpaired) electrons. The van der Waals surface area contributed by atoms with Crippen LogP contribution in [0.2, 0.25) is 0 Å². The van der Waals surface area contributed by atoms with E-state index in [2.05, 4.69) is 15.5 Å². The lowest BCUT2D eigenvalue weighted by molar-refractivity contribution is 0.0729. The van der Waals surface area contributed by atoms with Crippen molar-refractivity contribution in [1.29, 1.82) is 0 Å². The van der Waals surface area contributed by atoms with E-state index < -0.39 is 10.0 Å². The fourth-order valence-corrected chi connectivity index (χ4v) is 5.64. The van der Waals surface area contributed by atoms with Gasteiger partial charge in [-0.05, 0) is 23.4 Å². The number of benzene rings is 1. The Morgan fingerprint density at radius 1 is 1.26 bits per heavy atom. The van der Waals surface area contributed by atoms with E-state index in [0.717, 1.165) is 10.1 Å². The smallest absolute Gasteiger partial charge is 0.257 e. The number of sulfonamides is 1. The molecule has 1 aliphatic rings. The van der Waals surface area contributed by atoms with E-state index in [9.17, 15) is 13.2 Å². The van der Waals surface area contributed by atoms with E-state index in [1.165, 1.54) is 15.6 Å². The molecule has 0 atom stereocenters. The number of thioether (sulfide) groups is 1. The average molecular weight is 429 g/mol. The van der Waals surface area contributed by atoms with Gasteiger partial charge < -0.3 is 4.74 Å². The number of hydrogen-bond donors (Lipinski definition) is 1. The maximum absolute atomic E-state index is 12.4. The summed E-state index contributed by atoms with van der Waals surface area (Å²) in [6.07, 6.45) is 0. The van der Waals surface area contributed by atoms with Gasteiger partial charge in [0.05, 0.1) is 19.0 Å². The monoisotopic (exact) mass is 428 g/mol. The molecule has 0 aliphatic carbocycles. The second-order valence-corrected chi connectivity index (χ2v) is 10.2. The number of amides is 1. The fourth-order valence-electron chi connectivity index (χ4n) is 2.49. The molecule has 3 rings (SSSR count). The molecule has 0 unspecified atom stereocenters. The lowest BCUT2D eigenvalue weighted by Gasteiger charge is -2.26. The van der Waals surface area contributed by atoms with Crippen molar-refractivity contribution in [3.05, 3.63) is 35.4 Å². The topological polar surface area (TPSA) is 101 Å². The lowest BCUT2D eigenvalue weighted by Crippen LogP contribution is -2.41. The molecule has 0 bridgehead atoms. The fraction of sp³-hybridized carbons (Fsp3) is 0.438. The highest BCUT2D eigenvalue weighted by Gasteiger charge is 2.24. The number of hydrogen-bond acceptors (Lipinski definition) is 8. The second-order valence-electron chi connectivity index (χ2n) is 5.72. The zero-order valence-corrected chi connectivity index (χ0v) is 17.2. The summed E-state index contributed by atoms with van der Waals surface area (Å²) in [5, 5.41) is 11.1. The van der Waals surface area contributed by atoms with Crippen LogP contribution in [0.15, 0.2) is 28.6 Å². The molecule has 1 aromatic carbocycles. The summed E-state index contributed by atoms with van der Waals surface area (Å²) in [7, 11) is -3.39. The Labute approximate surface area is 166 Å². The molecule has 1 fully saturated rings. The Morgan fingerprint density at radius 2 is 1.96 bits per heavy atom. The van der Waals surface area contributed by atoms with Crippen LogP contribution in [0.3, 0.4) is 0 Å². The number of carbonyl (C=O) groups is 1. The standard InChI is InChI=1S/C16H20N4O4S3/c1-2-25-16-19-18-15(26-16)17-14(21)13-5-3-12(4-6-13)11-27(22,23)20-7-9-24-10-8-20/h3-6H,2,7-11H2,1H3,(H,17,18,21). The van der Waals surface area contributed by atoms with Gasteiger partial charge in [0.1, 0.15) is 0 Å². The number of nitrogens with one attached hydrogen (secondary N) is 1. The van der Waals surface area contributed by atoms with E-state index in [4.69, 9.17) is 4.74 Å². The van der Waals surface area contributed by atoms with Crippen molar-refractivity contribution in [2.75, 3.05) is 37.4 Å². The van der Waals surface area contributed by atoms with Crippen LogP contribution >= 0.6 is 23.1 Å². The first-order valence-electron chi connectivity index (χ1n) is 8.40. The molecule has 146 valence electrons. The number of rotatable bonds is 7. The van der Waals surface area contributed by atoms with Gasteiger partial charge in [0.2, 0.25) is 15.2 Å². The van der Waals surface area contributed by atoms with Crippen LogP contribution in [0.4, 0.5) is 5.13 Å². The van der Waals surface area contributed by atoms with Gasteiger partial charge in [-0.1, -0.05) is 42.2 Å². The molecule has 1 saturated heterocycles. The molecule has 0 spiro atoms. The van der Waals surface area contributed by atoms with Gasteiger partial charge in [0, 0.05) is 18.7 Å². The second kappa shape index (κ2) is 9.11. The molecule has 11 heteroatoms. The minimum Gasteiger partial charge on any atom is -0.379 e. The Kier molecular flexibility index (Phi) is 6.82.